The second-order valence-electron chi connectivity index (χ2n) is 17.5. The molecule has 3 aliphatic carbocycles. The highest BCUT2D eigenvalue weighted by Crippen LogP contribution is 2.45. The summed E-state index contributed by atoms with van der Waals surface area (Å²) in [6, 6.07) is 65.9. The third-order valence-electron chi connectivity index (χ3n) is 13.8. The molecule has 0 amide bonds. The number of nitrogens with zero attached hydrogens (tertiary/aromatic N) is 1. The normalized spacial score (nSPS) is 13.7. The van der Waals surface area contributed by atoms with Gasteiger partial charge < -0.3 is 4.90 Å². The molecule has 0 aliphatic heterocycles. The van der Waals surface area contributed by atoms with Gasteiger partial charge in [-0.1, -0.05) is 172 Å². The topological polar surface area (TPSA) is 3.24 Å². The molecule has 0 bridgehead atoms. The molecule has 0 radical (unpaired) electrons. The lowest BCUT2D eigenvalue weighted by Gasteiger charge is -2.30. The van der Waals surface area contributed by atoms with E-state index in [-0.39, 0.29) is 0 Å². The minimum atomic E-state index is 0.930. The van der Waals surface area contributed by atoms with E-state index in [1.165, 1.54) is 114 Å². The van der Waals surface area contributed by atoms with Gasteiger partial charge in [-0.05, 0) is 169 Å². The first-order valence-corrected chi connectivity index (χ1v) is 24.4. The zero-order chi connectivity index (χ0) is 44.1. The zero-order valence-corrected chi connectivity index (χ0v) is 38.2. The predicted molar refractivity (Wildman–Crippen MR) is 288 cm³/mol. The van der Waals surface area contributed by atoms with E-state index in [1.54, 1.807) is 0 Å². The fourth-order valence-electron chi connectivity index (χ4n) is 10.5. The first-order chi connectivity index (χ1) is 32.7. The van der Waals surface area contributed by atoms with E-state index in [9.17, 15) is 0 Å². The lowest BCUT2D eigenvalue weighted by atomic mass is 9.93. The summed E-state index contributed by atoms with van der Waals surface area (Å²) in [4.78, 5) is 2.48. The molecule has 0 saturated carbocycles. The van der Waals surface area contributed by atoms with Crippen molar-refractivity contribution in [3.63, 3.8) is 0 Å². The number of hydrogen-bond acceptors (Lipinski definition) is 2. The molecule has 1 heterocycles. The Morgan fingerprint density at radius 2 is 1.23 bits per heavy atom. The first-order valence-electron chi connectivity index (χ1n) is 23.5. The van der Waals surface area contributed by atoms with Crippen molar-refractivity contribution in [2.45, 2.75) is 39.5 Å². The van der Waals surface area contributed by atoms with Crippen molar-refractivity contribution in [3.05, 3.63) is 234 Å². The number of hydrogen-bond donors (Lipinski definition) is 0. The predicted octanol–water partition coefficient (Wildman–Crippen LogP) is 18.6. The molecule has 13 rings (SSSR count). The third kappa shape index (κ3) is 7.01. The fourth-order valence-corrected chi connectivity index (χ4v) is 11.7. The van der Waals surface area contributed by atoms with E-state index >= 15 is 0 Å². The van der Waals surface area contributed by atoms with Gasteiger partial charge in [-0.3, -0.25) is 0 Å². The molecule has 0 saturated heterocycles. The van der Waals surface area contributed by atoms with Crippen LogP contribution in [-0.2, 0) is 6.42 Å². The van der Waals surface area contributed by atoms with Crippen LogP contribution in [-0.4, -0.2) is 0 Å². The van der Waals surface area contributed by atoms with Crippen LogP contribution in [0.15, 0.2) is 206 Å². The highest BCUT2D eigenvalue weighted by Gasteiger charge is 2.24. The smallest absolute Gasteiger partial charge is 0.0464 e. The van der Waals surface area contributed by atoms with Gasteiger partial charge in [-0.25, -0.2) is 0 Å². The van der Waals surface area contributed by atoms with E-state index < -0.39 is 0 Å². The summed E-state index contributed by atoms with van der Waals surface area (Å²) in [5.74, 6) is 0. The van der Waals surface area contributed by atoms with Crippen molar-refractivity contribution < 1.29 is 0 Å². The second kappa shape index (κ2) is 16.8. The highest BCUT2D eigenvalue weighted by atomic mass is 32.1. The first kappa shape index (κ1) is 40.0. The summed E-state index contributed by atoms with van der Waals surface area (Å²) in [6.07, 6.45) is 17.8. The maximum absolute atomic E-state index is 2.48. The van der Waals surface area contributed by atoms with Crippen molar-refractivity contribution >= 4 is 82.2 Å². The molecule has 0 spiro atoms. The molecule has 316 valence electrons. The Morgan fingerprint density at radius 3 is 2.11 bits per heavy atom. The summed E-state index contributed by atoms with van der Waals surface area (Å²) in [5.41, 5.74) is 19.5. The minimum absolute atomic E-state index is 0.930. The Morgan fingerprint density at radius 1 is 0.470 bits per heavy atom. The molecule has 1 aromatic heterocycles. The number of anilines is 2. The van der Waals surface area contributed by atoms with E-state index in [2.05, 4.69) is 217 Å². The van der Waals surface area contributed by atoms with Crippen molar-refractivity contribution in [1.82, 2.24) is 0 Å². The van der Waals surface area contributed by atoms with E-state index in [0.29, 0.717) is 0 Å². The van der Waals surface area contributed by atoms with Crippen LogP contribution in [0.25, 0.3) is 92.8 Å². The average molecular weight is 864 g/mol. The molecular formula is C64H49NS. The van der Waals surface area contributed by atoms with Crippen LogP contribution < -0.4 is 4.90 Å². The van der Waals surface area contributed by atoms with Crippen molar-refractivity contribution in [1.29, 1.82) is 0 Å². The number of benzene rings is 9. The number of rotatable bonds is 6. The Labute approximate surface area is 391 Å². The van der Waals surface area contributed by atoms with Crippen LogP contribution in [0.2, 0.25) is 0 Å². The van der Waals surface area contributed by atoms with Gasteiger partial charge in [0.2, 0.25) is 0 Å². The lowest BCUT2D eigenvalue weighted by molar-refractivity contribution is 0.930. The van der Waals surface area contributed by atoms with Crippen LogP contribution in [0.4, 0.5) is 11.4 Å². The molecule has 9 aromatic carbocycles. The molecule has 2 heteroatoms. The molecule has 3 aliphatic rings. The van der Waals surface area contributed by atoms with E-state index in [1.807, 2.05) is 25.2 Å². The van der Waals surface area contributed by atoms with Crippen molar-refractivity contribution in [2.75, 3.05) is 4.90 Å². The number of fused-ring (bicyclic) bond motifs is 11. The summed E-state index contributed by atoms with van der Waals surface area (Å²) < 4.78 is 2.72. The summed E-state index contributed by atoms with van der Waals surface area (Å²) in [7, 11) is 0. The SMILES string of the molecule is C1=Cc2ccc3c(c2C=CC1)Cc1ccc(-c2ccc(N(C4=CC=C(c5ccc6sc7c8ccccc8ccc7c6c5)CC4)c4cccc(-c5ccc6ccccc6c5)c4)cc2)cc1-3.CC. The molecule has 0 fully saturated rings. The molecular weight excluding hydrogens is 815 g/mol. The second-order valence-corrected chi connectivity index (χ2v) is 18.6. The Hall–Kier alpha value is -7.52. The van der Waals surface area contributed by atoms with Crippen LogP contribution >= 0.6 is 11.3 Å². The minimum Gasteiger partial charge on any atom is -0.314 e. The van der Waals surface area contributed by atoms with Crippen LogP contribution in [0.1, 0.15) is 60.9 Å². The summed E-state index contributed by atoms with van der Waals surface area (Å²) in [6.45, 7) is 4.00. The molecule has 0 unspecified atom stereocenters. The number of allylic oxidation sites excluding steroid dienone is 6. The lowest BCUT2D eigenvalue weighted by Crippen LogP contribution is -2.18. The van der Waals surface area contributed by atoms with Crippen molar-refractivity contribution in [3.8, 4) is 33.4 Å². The molecule has 10 aromatic rings. The Kier molecular flexibility index (Phi) is 10.2. The van der Waals surface area contributed by atoms with E-state index in [0.717, 1.165) is 37.1 Å². The van der Waals surface area contributed by atoms with Crippen LogP contribution in [0.5, 0.6) is 0 Å². The van der Waals surface area contributed by atoms with Crippen molar-refractivity contribution in [2.24, 2.45) is 0 Å². The van der Waals surface area contributed by atoms with Gasteiger partial charge >= 0.3 is 0 Å². The molecule has 1 nitrogen and oxygen atoms in total. The molecule has 0 N–H and O–H groups in total. The number of thiophene rings is 1. The zero-order valence-electron chi connectivity index (χ0n) is 37.4. The largest absolute Gasteiger partial charge is 0.314 e. The monoisotopic (exact) mass is 863 g/mol. The van der Waals surface area contributed by atoms with Crippen LogP contribution in [0.3, 0.4) is 0 Å². The summed E-state index contributed by atoms with van der Waals surface area (Å²) >= 11 is 1.91. The van der Waals surface area contributed by atoms with Gasteiger partial charge in [0, 0.05) is 37.2 Å². The van der Waals surface area contributed by atoms with Gasteiger partial charge in [-0.15, -0.1) is 11.3 Å². The van der Waals surface area contributed by atoms with E-state index in [4.69, 9.17) is 0 Å². The Balaban J connectivity index is 0.00000225. The van der Waals surface area contributed by atoms with Gasteiger partial charge in [0.1, 0.15) is 0 Å². The quantitative estimate of drug-likeness (QED) is 0.161. The fraction of sp³-hybridized carbons (Fsp3) is 0.0938. The molecule has 66 heavy (non-hydrogen) atoms. The standard InChI is InChI=1S/C62H43NS.C2H6/c1-2-10-43-25-32-56-58-37-48(19-20-50(58)39-59(56)54(43)15-3-1)41-21-28-51(29-22-41)63(53-14-8-13-46(36-53)47-18-17-40-9-4-5-12-45(40)35-47)52-30-23-42(24-31-52)49-27-34-61-60(38-49)57-33-26-44-11-6-7-16-55(44)62(57)64-61;1-2/h2-23,25-30,32-38H,1,24,31,39H2;1-2H3. The summed E-state index contributed by atoms with van der Waals surface area (Å²) in [5, 5.41) is 7.86. The van der Waals surface area contributed by atoms with Crippen LogP contribution in [0, 0.1) is 0 Å². The molecule has 0 atom stereocenters. The highest BCUT2D eigenvalue weighted by molar-refractivity contribution is 7.26. The van der Waals surface area contributed by atoms with Gasteiger partial charge in [0.15, 0.2) is 0 Å². The Bertz CT molecular complexity index is 3670. The maximum Gasteiger partial charge on any atom is 0.0464 e. The third-order valence-corrected chi connectivity index (χ3v) is 15.0. The van der Waals surface area contributed by atoms with Gasteiger partial charge in [0.05, 0.1) is 0 Å². The van der Waals surface area contributed by atoms with Gasteiger partial charge in [-0.2, -0.15) is 0 Å². The maximum atomic E-state index is 2.48. The van der Waals surface area contributed by atoms with Gasteiger partial charge in [0.25, 0.3) is 0 Å². The average Bonchev–Trinajstić information content (AvgIpc) is 3.85.